The van der Waals surface area contributed by atoms with Crippen LogP contribution in [0.25, 0.3) is 6.08 Å². The van der Waals surface area contributed by atoms with Crippen molar-refractivity contribution in [2.75, 3.05) is 30.9 Å². The number of imide groups is 1. The van der Waals surface area contributed by atoms with Crippen LogP contribution in [-0.4, -0.2) is 42.6 Å². The molecule has 1 N–H and O–H groups in total. The summed E-state index contributed by atoms with van der Waals surface area (Å²) in [5.41, 5.74) is 2.93. The molecule has 2 rings (SSSR count). The predicted molar refractivity (Wildman–Crippen MR) is 120 cm³/mol. The summed E-state index contributed by atoms with van der Waals surface area (Å²) in [6, 6.07) is 16.7. The molecule has 0 spiro atoms. The van der Waals surface area contributed by atoms with Crippen LogP contribution in [0.3, 0.4) is 0 Å². The van der Waals surface area contributed by atoms with E-state index in [0.717, 1.165) is 16.2 Å². The van der Waals surface area contributed by atoms with E-state index < -0.39 is 11.1 Å². The molecule has 0 radical (unpaired) electrons. The fourth-order valence-corrected chi connectivity index (χ4v) is 2.83. The Morgan fingerprint density at radius 1 is 1.00 bits per heavy atom. The quantitative estimate of drug-likeness (QED) is 0.532. The Balaban J connectivity index is 2.02. The van der Waals surface area contributed by atoms with Gasteiger partial charge in [-0.15, -0.1) is 0 Å². The number of benzene rings is 2. The second-order valence-electron chi connectivity index (χ2n) is 6.72. The zero-order valence-corrected chi connectivity index (χ0v) is 17.6. The van der Waals surface area contributed by atoms with Crippen LogP contribution in [0.1, 0.15) is 18.9 Å². The zero-order valence-electron chi connectivity index (χ0n) is 16.8. The Morgan fingerprint density at radius 3 is 2.17 bits per heavy atom. The highest BCUT2D eigenvalue weighted by atomic mass is 32.1. The van der Waals surface area contributed by atoms with Crippen LogP contribution in [-0.2, 0) is 9.59 Å². The van der Waals surface area contributed by atoms with E-state index >= 15 is 0 Å². The van der Waals surface area contributed by atoms with Gasteiger partial charge in [-0.1, -0.05) is 43.0 Å². The minimum atomic E-state index is -0.696. The highest BCUT2D eigenvalue weighted by molar-refractivity contribution is 7.96. The number of hydrogen-bond acceptors (Lipinski definition) is 4. The topological polar surface area (TPSA) is 69.7 Å². The van der Waals surface area contributed by atoms with E-state index in [1.165, 1.54) is 0 Å². The summed E-state index contributed by atoms with van der Waals surface area (Å²) >= 11 is 3.79. The first-order valence-corrected chi connectivity index (χ1v) is 9.58. The SMILES string of the molecule is C/C(=C\c1ccc(N(C)C)cc1)C(=O)N(CCC(=O)Nc1ccccc1)C(=O)S. The van der Waals surface area contributed by atoms with Crippen molar-refractivity contribution >= 4 is 47.1 Å². The lowest BCUT2D eigenvalue weighted by atomic mass is 10.1. The largest absolute Gasteiger partial charge is 0.378 e. The molecule has 0 aliphatic rings. The molecule has 6 nitrogen and oxygen atoms in total. The summed E-state index contributed by atoms with van der Waals surface area (Å²) < 4.78 is 0. The van der Waals surface area contributed by atoms with Crippen molar-refractivity contribution in [2.24, 2.45) is 0 Å². The fourth-order valence-electron chi connectivity index (χ4n) is 2.64. The minimum absolute atomic E-state index is 0.0161. The number of amides is 3. The summed E-state index contributed by atoms with van der Waals surface area (Å²) in [5, 5.41) is 2.03. The number of nitrogens with zero attached hydrogens (tertiary/aromatic N) is 2. The van der Waals surface area contributed by atoms with Crippen molar-refractivity contribution < 1.29 is 14.4 Å². The highest BCUT2D eigenvalue weighted by Crippen LogP contribution is 2.16. The number of nitrogens with one attached hydrogen (secondary N) is 1. The molecule has 0 aliphatic heterocycles. The molecule has 152 valence electrons. The van der Waals surface area contributed by atoms with E-state index in [4.69, 9.17) is 0 Å². The van der Waals surface area contributed by atoms with Crippen LogP contribution in [0.5, 0.6) is 0 Å². The highest BCUT2D eigenvalue weighted by Gasteiger charge is 2.21. The summed E-state index contributed by atoms with van der Waals surface area (Å²) in [7, 11) is 3.90. The van der Waals surface area contributed by atoms with Gasteiger partial charge in [-0.3, -0.25) is 19.3 Å². The van der Waals surface area contributed by atoms with Crippen LogP contribution in [0.15, 0.2) is 60.2 Å². The molecule has 0 saturated carbocycles. The van der Waals surface area contributed by atoms with Gasteiger partial charge in [0.05, 0.1) is 0 Å². The Morgan fingerprint density at radius 2 is 1.62 bits per heavy atom. The number of carbonyl (C=O) groups excluding carboxylic acids is 3. The molecule has 7 heteroatoms. The maximum Gasteiger partial charge on any atom is 0.285 e. The molecule has 0 saturated heterocycles. The van der Waals surface area contributed by atoms with Gasteiger partial charge in [0, 0.05) is 44.0 Å². The molecule has 0 aromatic heterocycles. The van der Waals surface area contributed by atoms with Crippen molar-refractivity contribution in [1.29, 1.82) is 0 Å². The van der Waals surface area contributed by atoms with E-state index in [2.05, 4.69) is 17.9 Å². The lowest BCUT2D eigenvalue weighted by molar-refractivity contribution is -0.124. The molecule has 0 heterocycles. The number of anilines is 2. The Kier molecular flexibility index (Phi) is 8.03. The average Bonchev–Trinajstić information content (AvgIpc) is 2.68. The standard InChI is InChI=1S/C22H25N3O3S/c1-16(15-17-9-11-19(12-10-17)24(2)3)21(27)25(22(28)29)14-13-20(26)23-18-7-5-4-6-8-18/h4-12,15H,13-14H2,1-3H3,(H,23,26)(H,28,29)/b16-15+. The van der Waals surface area contributed by atoms with Crippen molar-refractivity contribution in [3.05, 3.63) is 65.7 Å². The molecular formula is C22H25N3O3S. The van der Waals surface area contributed by atoms with Gasteiger partial charge in [-0.2, -0.15) is 0 Å². The third-order valence-corrected chi connectivity index (χ3v) is 4.47. The van der Waals surface area contributed by atoms with E-state index in [-0.39, 0.29) is 18.9 Å². The Bertz CT molecular complexity index is 893. The molecule has 0 fully saturated rings. The van der Waals surface area contributed by atoms with Crippen molar-refractivity contribution in [3.8, 4) is 0 Å². The maximum absolute atomic E-state index is 12.7. The molecular weight excluding hydrogens is 386 g/mol. The van der Waals surface area contributed by atoms with Gasteiger partial charge in [0.1, 0.15) is 0 Å². The summed E-state index contributed by atoms with van der Waals surface area (Å²) in [6.45, 7) is 1.58. The molecule has 3 amide bonds. The van der Waals surface area contributed by atoms with E-state index in [1.807, 2.05) is 61.5 Å². The Labute approximate surface area is 176 Å². The van der Waals surface area contributed by atoms with Crippen LogP contribution < -0.4 is 10.2 Å². The third-order valence-electron chi connectivity index (χ3n) is 4.23. The van der Waals surface area contributed by atoms with E-state index in [0.29, 0.717) is 11.3 Å². The lowest BCUT2D eigenvalue weighted by Crippen LogP contribution is -2.36. The van der Waals surface area contributed by atoms with E-state index in [9.17, 15) is 14.4 Å². The normalized spacial score (nSPS) is 11.0. The van der Waals surface area contributed by atoms with Crippen molar-refractivity contribution in [1.82, 2.24) is 4.90 Å². The number of rotatable bonds is 7. The molecule has 2 aromatic carbocycles. The number of carbonyl (C=O) groups is 3. The van der Waals surface area contributed by atoms with Gasteiger partial charge in [-0.05, 0) is 42.8 Å². The summed E-state index contributed by atoms with van der Waals surface area (Å²) in [4.78, 5) is 39.6. The van der Waals surface area contributed by atoms with Gasteiger partial charge >= 0.3 is 0 Å². The molecule has 0 aliphatic carbocycles. The fraction of sp³-hybridized carbons (Fsp3) is 0.227. The number of para-hydroxylation sites is 1. The lowest BCUT2D eigenvalue weighted by Gasteiger charge is -2.19. The molecule has 29 heavy (non-hydrogen) atoms. The van der Waals surface area contributed by atoms with Crippen LogP contribution in [0, 0.1) is 0 Å². The summed E-state index contributed by atoms with van der Waals surface area (Å²) in [6.07, 6.45) is 1.69. The predicted octanol–water partition coefficient (Wildman–Crippen LogP) is 4.06. The molecule has 0 bridgehead atoms. The van der Waals surface area contributed by atoms with Gasteiger partial charge in [0.2, 0.25) is 5.91 Å². The van der Waals surface area contributed by atoms with Gasteiger partial charge in [0.25, 0.3) is 11.1 Å². The monoisotopic (exact) mass is 411 g/mol. The van der Waals surface area contributed by atoms with Gasteiger partial charge in [-0.25, -0.2) is 0 Å². The first-order chi connectivity index (χ1) is 13.8. The van der Waals surface area contributed by atoms with Crippen LogP contribution in [0.2, 0.25) is 0 Å². The number of thiol groups is 1. The summed E-state index contributed by atoms with van der Waals surface area (Å²) in [5.74, 6) is -0.765. The average molecular weight is 412 g/mol. The zero-order chi connectivity index (χ0) is 21.4. The molecule has 0 atom stereocenters. The van der Waals surface area contributed by atoms with Gasteiger partial charge < -0.3 is 10.2 Å². The smallest absolute Gasteiger partial charge is 0.285 e. The second-order valence-corrected chi connectivity index (χ2v) is 7.10. The van der Waals surface area contributed by atoms with Crippen molar-refractivity contribution in [2.45, 2.75) is 13.3 Å². The van der Waals surface area contributed by atoms with Crippen LogP contribution >= 0.6 is 12.6 Å². The maximum atomic E-state index is 12.7. The van der Waals surface area contributed by atoms with Gasteiger partial charge in [0.15, 0.2) is 0 Å². The van der Waals surface area contributed by atoms with E-state index in [1.54, 1.807) is 25.1 Å². The molecule has 0 unspecified atom stereocenters. The Hall–Kier alpha value is -3.06. The first-order valence-electron chi connectivity index (χ1n) is 9.13. The first kappa shape index (κ1) is 22.2. The van der Waals surface area contributed by atoms with Crippen molar-refractivity contribution in [3.63, 3.8) is 0 Å². The third kappa shape index (κ3) is 6.80. The number of hydrogen-bond donors (Lipinski definition) is 2. The second kappa shape index (κ2) is 10.5. The minimum Gasteiger partial charge on any atom is -0.378 e. The van der Waals surface area contributed by atoms with Crippen LogP contribution in [0.4, 0.5) is 16.2 Å². The molecule has 2 aromatic rings.